The van der Waals surface area contributed by atoms with Crippen molar-refractivity contribution in [3.05, 3.63) is 58.7 Å². The Balaban J connectivity index is -0.000000147. The van der Waals surface area contributed by atoms with E-state index in [1.807, 2.05) is 0 Å². The second-order valence-corrected chi connectivity index (χ2v) is 9.59. The summed E-state index contributed by atoms with van der Waals surface area (Å²) in [5, 5.41) is 0. The molecular formula is C22H37Cl2SiTa-2. The van der Waals surface area contributed by atoms with Gasteiger partial charge in [0.1, 0.15) is 0 Å². The maximum absolute atomic E-state index is 2.25. The van der Waals surface area contributed by atoms with Crippen molar-refractivity contribution >= 4 is 9.52 Å². The fraction of sp³-hybridized carbons (Fsp3) is 0.545. The van der Waals surface area contributed by atoms with Gasteiger partial charge in [-0.3, -0.25) is 0 Å². The molecule has 0 saturated heterocycles. The number of hydrogen-bond acceptors (Lipinski definition) is 0. The molecule has 0 N–H and O–H groups in total. The monoisotopic (exact) mass is 580 g/mol. The molecule has 0 spiro atoms. The summed E-state index contributed by atoms with van der Waals surface area (Å²) >= 11 is 0. The summed E-state index contributed by atoms with van der Waals surface area (Å²) in [6.07, 6.45) is 0. The molecule has 0 aliphatic heterocycles. The normalized spacial score (nSPS) is 9.92. The van der Waals surface area contributed by atoms with Gasteiger partial charge in [-0.1, -0.05) is 79.3 Å². The van der Waals surface area contributed by atoms with Crippen LogP contribution >= 0.6 is 0 Å². The molecule has 0 nitrogen and oxygen atoms in total. The van der Waals surface area contributed by atoms with E-state index in [1.165, 1.54) is 22.3 Å². The number of hydrogen-bond donors (Lipinski definition) is 0. The summed E-state index contributed by atoms with van der Waals surface area (Å²) in [4.78, 5) is 0. The Bertz CT molecular complexity index is 507. The van der Waals surface area contributed by atoms with Gasteiger partial charge in [-0.25, -0.2) is 12.1 Å². The second-order valence-electron chi connectivity index (χ2n) is 8.43. The minimum absolute atomic E-state index is 0. The van der Waals surface area contributed by atoms with Crippen LogP contribution < -0.4 is 24.8 Å². The second kappa shape index (κ2) is 15.2. The van der Waals surface area contributed by atoms with Crippen LogP contribution in [-0.2, 0) is 33.2 Å². The van der Waals surface area contributed by atoms with E-state index in [-0.39, 0.29) is 47.2 Å². The largest absolute Gasteiger partial charge is 2.00 e. The molecular weight excluding hydrogens is 544 g/mol. The third kappa shape index (κ3) is 14.3. The van der Waals surface area contributed by atoms with E-state index in [9.17, 15) is 0 Å². The zero-order chi connectivity index (χ0) is 18.3. The van der Waals surface area contributed by atoms with Crippen molar-refractivity contribution in [3.8, 4) is 0 Å². The Morgan fingerprint density at radius 2 is 0.923 bits per heavy atom. The van der Waals surface area contributed by atoms with Crippen molar-refractivity contribution in [2.45, 2.75) is 79.3 Å². The fourth-order valence-corrected chi connectivity index (χ4v) is 2.06. The van der Waals surface area contributed by atoms with Crippen LogP contribution in [0.25, 0.3) is 0 Å². The Kier molecular flexibility index (Phi) is 19.7. The summed E-state index contributed by atoms with van der Waals surface area (Å²) < 4.78 is 0. The van der Waals surface area contributed by atoms with Crippen LogP contribution in [0, 0.1) is 13.8 Å². The quantitative estimate of drug-likeness (QED) is 0.315. The van der Waals surface area contributed by atoms with E-state index >= 15 is 0 Å². The number of halogens is 2. The maximum Gasteiger partial charge on any atom is 2.00 e. The molecule has 2 radical (unpaired) electrons. The van der Waals surface area contributed by atoms with Gasteiger partial charge < -0.3 is 24.8 Å². The minimum Gasteiger partial charge on any atom is -1.00 e. The molecule has 4 heteroatoms. The predicted octanol–water partition coefficient (Wildman–Crippen LogP) is 0.547. The van der Waals surface area contributed by atoms with E-state index < -0.39 is 0 Å². The first-order valence-electron chi connectivity index (χ1n) is 8.63. The first-order chi connectivity index (χ1) is 10.4. The SMILES string of the molecule is C[SiH]C.Cc1cc(C(C)(C)C)c[cH-]1.Cc1cc(C(C)(C)C)c[cH-]1.[Cl-].[Cl-].[Ta+2]. The summed E-state index contributed by atoms with van der Waals surface area (Å²) in [5.41, 5.74) is 6.23. The summed E-state index contributed by atoms with van der Waals surface area (Å²) in [7, 11) is 0.750. The zero-order valence-electron chi connectivity index (χ0n) is 18.2. The van der Waals surface area contributed by atoms with E-state index in [4.69, 9.17) is 0 Å². The van der Waals surface area contributed by atoms with Crippen molar-refractivity contribution in [2.75, 3.05) is 0 Å². The molecule has 2 rings (SSSR count). The standard InChI is InChI=1S/2C10H15.C2H7Si.2ClH.Ta/c2*1-8-5-6-9(7-8)10(2,3)4;1-3-2;;;/h2*5-7H,1-4H3;3H,1-2H3;2*1H;/q2*-1;;;;+2/p-2. The average molecular weight is 581 g/mol. The molecule has 2 aromatic carbocycles. The Hall–Kier alpha value is 0.237. The van der Waals surface area contributed by atoms with Gasteiger partial charge in [-0.15, -0.1) is 0 Å². The van der Waals surface area contributed by atoms with Gasteiger partial charge in [0.2, 0.25) is 0 Å². The number of rotatable bonds is 0. The maximum atomic E-state index is 2.25. The van der Waals surface area contributed by atoms with Gasteiger partial charge in [0.05, 0.1) is 0 Å². The molecule has 0 heterocycles. The van der Waals surface area contributed by atoms with Crippen molar-refractivity contribution in [3.63, 3.8) is 0 Å². The molecule has 0 saturated carbocycles. The molecule has 2 aromatic rings. The molecule has 26 heavy (non-hydrogen) atoms. The van der Waals surface area contributed by atoms with Crippen LogP contribution in [0.3, 0.4) is 0 Å². The smallest absolute Gasteiger partial charge is 1.00 e. The Morgan fingerprint density at radius 3 is 1.00 bits per heavy atom. The summed E-state index contributed by atoms with van der Waals surface area (Å²) in [5.74, 6) is 0. The first-order valence-corrected chi connectivity index (χ1v) is 10.9. The van der Waals surface area contributed by atoms with Crippen LogP contribution in [0.4, 0.5) is 0 Å². The van der Waals surface area contributed by atoms with Gasteiger partial charge in [-0.05, 0) is 0 Å². The number of aryl methyl sites for hydroxylation is 2. The van der Waals surface area contributed by atoms with Crippen molar-refractivity contribution in [1.82, 2.24) is 0 Å². The predicted molar refractivity (Wildman–Crippen MR) is 110 cm³/mol. The zero-order valence-corrected chi connectivity index (χ0v) is 24.1. The van der Waals surface area contributed by atoms with E-state index in [0.29, 0.717) is 10.8 Å². The van der Waals surface area contributed by atoms with Gasteiger partial charge in [0, 0.05) is 9.52 Å². The average Bonchev–Trinajstić information content (AvgIpc) is 2.98. The molecule has 0 aliphatic rings. The van der Waals surface area contributed by atoms with Crippen molar-refractivity contribution in [1.29, 1.82) is 0 Å². The molecule has 0 bridgehead atoms. The van der Waals surface area contributed by atoms with Gasteiger partial charge in [0.25, 0.3) is 0 Å². The van der Waals surface area contributed by atoms with E-state index in [1.54, 1.807) is 0 Å². The first kappa shape index (κ1) is 33.8. The molecule has 0 fully saturated rings. The molecule has 0 atom stereocenters. The van der Waals surface area contributed by atoms with E-state index in [0.717, 1.165) is 9.52 Å². The van der Waals surface area contributed by atoms with Crippen molar-refractivity contribution in [2.24, 2.45) is 0 Å². The molecule has 0 unspecified atom stereocenters. The Morgan fingerprint density at radius 1 is 0.692 bits per heavy atom. The van der Waals surface area contributed by atoms with Crippen LogP contribution in [0.1, 0.15) is 63.8 Å². The topological polar surface area (TPSA) is 0 Å². The molecule has 150 valence electrons. The van der Waals surface area contributed by atoms with Gasteiger partial charge in [0.15, 0.2) is 0 Å². The van der Waals surface area contributed by atoms with Crippen LogP contribution in [0.15, 0.2) is 36.4 Å². The minimum atomic E-state index is 0. The molecule has 0 aromatic heterocycles. The molecule has 0 aliphatic carbocycles. The van der Waals surface area contributed by atoms with Gasteiger partial charge >= 0.3 is 22.4 Å². The van der Waals surface area contributed by atoms with Crippen LogP contribution in [0.5, 0.6) is 0 Å². The third-order valence-corrected chi connectivity index (χ3v) is 3.55. The fourth-order valence-electron chi connectivity index (χ4n) is 2.06. The Labute approximate surface area is 193 Å². The third-order valence-electron chi connectivity index (χ3n) is 3.55. The molecule has 0 amide bonds. The van der Waals surface area contributed by atoms with E-state index in [2.05, 4.69) is 105 Å². The summed E-state index contributed by atoms with van der Waals surface area (Å²) in [6.45, 7) is 22.1. The van der Waals surface area contributed by atoms with Crippen molar-refractivity contribution < 1.29 is 47.2 Å². The summed E-state index contributed by atoms with van der Waals surface area (Å²) in [6, 6.07) is 13.2. The van der Waals surface area contributed by atoms with Crippen LogP contribution in [-0.4, -0.2) is 9.52 Å². The van der Waals surface area contributed by atoms with Crippen LogP contribution in [0.2, 0.25) is 13.1 Å². The van der Waals surface area contributed by atoms with Gasteiger partial charge in [-0.2, -0.15) is 46.5 Å².